The molecule has 36 heavy (non-hydrogen) atoms. The minimum Gasteiger partial charge on any atom is -0.456 e. The van der Waals surface area contributed by atoms with Crippen LogP contribution >= 0.6 is 0 Å². The Kier molecular flexibility index (Phi) is 7.09. The summed E-state index contributed by atoms with van der Waals surface area (Å²) >= 11 is 0. The molecule has 1 fully saturated rings. The van der Waals surface area contributed by atoms with Gasteiger partial charge in [-0.25, -0.2) is 8.42 Å². The maximum absolute atomic E-state index is 13.6. The van der Waals surface area contributed by atoms with E-state index in [0.29, 0.717) is 11.3 Å². The molecule has 0 N–H and O–H groups in total. The van der Waals surface area contributed by atoms with Crippen LogP contribution < -0.4 is 4.74 Å². The Balaban J connectivity index is 1.60. The van der Waals surface area contributed by atoms with Crippen molar-refractivity contribution in [2.75, 3.05) is 26.2 Å². The fourth-order valence-corrected chi connectivity index (χ4v) is 5.54. The quantitative estimate of drug-likeness (QED) is 0.358. The van der Waals surface area contributed by atoms with Crippen LogP contribution in [0.3, 0.4) is 0 Å². The van der Waals surface area contributed by atoms with E-state index in [1.807, 2.05) is 45.0 Å². The summed E-state index contributed by atoms with van der Waals surface area (Å²) in [5.41, 5.74) is 2.95. The number of nitro groups is 1. The van der Waals surface area contributed by atoms with Crippen LogP contribution in [0.2, 0.25) is 0 Å². The van der Waals surface area contributed by atoms with Gasteiger partial charge in [-0.1, -0.05) is 29.8 Å². The first-order chi connectivity index (χ1) is 17.1. The molecule has 0 aliphatic carbocycles. The number of nitrogens with zero attached hydrogens (tertiary/aromatic N) is 3. The molecule has 1 aliphatic rings. The number of sulfonamides is 1. The lowest BCUT2D eigenvalue weighted by atomic mass is 10.1. The lowest BCUT2D eigenvalue weighted by Gasteiger charge is -2.34. The molecular weight excluding hydrogens is 482 g/mol. The largest absolute Gasteiger partial charge is 0.456 e. The molecule has 9 nitrogen and oxygen atoms in total. The molecule has 0 spiro atoms. The molecule has 0 saturated carbocycles. The summed E-state index contributed by atoms with van der Waals surface area (Å²) in [6, 6.07) is 16.3. The number of piperazine rings is 1. The second-order valence-electron chi connectivity index (χ2n) is 8.82. The van der Waals surface area contributed by atoms with Crippen molar-refractivity contribution in [2.45, 2.75) is 25.7 Å². The summed E-state index contributed by atoms with van der Waals surface area (Å²) in [6.45, 7) is 6.18. The summed E-state index contributed by atoms with van der Waals surface area (Å²) in [5, 5.41) is 11.4. The smallest absolute Gasteiger partial charge is 0.271 e. The van der Waals surface area contributed by atoms with Gasteiger partial charge in [0.2, 0.25) is 10.0 Å². The Labute approximate surface area is 210 Å². The van der Waals surface area contributed by atoms with Crippen LogP contribution in [0.5, 0.6) is 11.5 Å². The van der Waals surface area contributed by atoms with Crippen LogP contribution in [0.4, 0.5) is 5.69 Å². The number of nitro benzene ring substituents is 1. The van der Waals surface area contributed by atoms with E-state index < -0.39 is 14.9 Å². The Morgan fingerprint density at radius 1 is 0.861 bits per heavy atom. The van der Waals surface area contributed by atoms with Crippen LogP contribution in [0.1, 0.15) is 27.0 Å². The van der Waals surface area contributed by atoms with E-state index in [4.69, 9.17) is 4.74 Å². The average Bonchev–Trinajstić information content (AvgIpc) is 2.86. The molecule has 188 valence electrons. The minimum absolute atomic E-state index is 0.00691. The Hall–Kier alpha value is -3.76. The van der Waals surface area contributed by atoms with E-state index >= 15 is 0 Å². The number of amides is 1. The molecule has 4 rings (SSSR count). The lowest BCUT2D eigenvalue weighted by Crippen LogP contribution is -2.50. The van der Waals surface area contributed by atoms with E-state index in [-0.39, 0.29) is 48.4 Å². The molecule has 10 heteroatoms. The molecule has 3 aromatic carbocycles. The number of aryl methyl sites for hydroxylation is 3. The Morgan fingerprint density at radius 3 is 2.14 bits per heavy atom. The van der Waals surface area contributed by atoms with Crippen molar-refractivity contribution >= 4 is 21.6 Å². The number of benzene rings is 3. The standard InChI is InChI=1S/C26H27N3O6S/c1-18-5-8-21(9-6-18)26(30)27-12-14-28(15-13-27)36(33,34)25-17-22(29(31)32)10-11-23(25)35-24-16-19(2)4-7-20(24)3/h4-11,16-17H,12-15H2,1-3H3. The highest BCUT2D eigenvalue weighted by atomic mass is 32.2. The third-order valence-electron chi connectivity index (χ3n) is 6.14. The number of ether oxygens (including phenoxy) is 1. The fraction of sp³-hybridized carbons (Fsp3) is 0.269. The summed E-state index contributed by atoms with van der Waals surface area (Å²) in [7, 11) is -4.15. The van der Waals surface area contributed by atoms with E-state index in [2.05, 4.69) is 0 Å². The number of carbonyl (C=O) groups excluding carboxylic acids is 1. The van der Waals surface area contributed by atoms with Crippen molar-refractivity contribution in [3.8, 4) is 11.5 Å². The molecule has 1 heterocycles. The van der Waals surface area contributed by atoms with Crippen molar-refractivity contribution in [3.63, 3.8) is 0 Å². The van der Waals surface area contributed by atoms with Crippen molar-refractivity contribution in [3.05, 3.63) is 93.0 Å². The van der Waals surface area contributed by atoms with Crippen LogP contribution in [0.25, 0.3) is 0 Å². The third kappa shape index (κ3) is 5.24. The normalized spacial score (nSPS) is 14.5. The van der Waals surface area contributed by atoms with Gasteiger partial charge >= 0.3 is 0 Å². The van der Waals surface area contributed by atoms with Crippen LogP contribution in [-0.4, -0.2) is 54.6 Å². The van der Waals surface area contributed by atoms with E-state index in [1.165, 1.54) is 16.4 Å². The molecule has 0 bridgehead atoms. The Bertz CT molecular complexity index is 1410. The van der Waals surface area contributed by atoms with E-state index in [9.17, 15) is 23.3 Å². The molecule has 0 radical (unpaired) electrons. The molecule has 1 aliphatic heterocycles. The first-order valence-corrected chi connectivity index (χ1v) is 12.9. The summed E-state index contributed by atoms with van der Waals surface area (Å²) < 4.78 is 34.5. The molecule has 1 amide bonds. The van der Waals surface area contributed by atoms with Crippen LogP contribution in [0, 0.1) is 30.9 Å². The second kappa shape index (κ2) is 10.1. The zero-order valence-electron chi connectivity index (χ0n) is 20.3. The highest BCUT2D eigenvalue weighted by Gasteiger charge is 2.34. The number of hydrogen-bond acceptors (Lipinski definition) is 6. The van der Waals surface area contributed by atoms with Gasteiger partial charge in [-0.05, 0) is 56.2 Å². The maximum atomic E-state index is 13.6. The molecule has 1 saturated heterocycles. The topological polar surface area (TPSA) is 110 Å². The monoisotopic (exact) mass is 509 g/mol. The molecule has 0 atom stereocenters. The van der Waals surface area contributed by atoms with E-state index in [1.54, 1.807) is 23.1 Å². The summed E-state index contributed by atoms with van der Waals surface area (Å²) in [4.78, 5) is 24.9. The molecular formula is C26H27N3O6S. The van der Waals surface area contributed by atoms with Crippen LogP contribution in [0.15, 0.2) is 65.6 Å². The first kappa shape index (κ1) is 25.3. The highest BCUT2D eigenvalue weighted by molar-refractivity contribution is 7.89. The maximum Gasteiger partial charge on any atom is 0.271 e. The molecule has 3 aromatic rings. The van der Waals surface area contributed by atoms with Gasteiger partial charge in [0.25, 0.3) is 11.6 Å². The third-order valence-corrected chi connectivity index (χ3v) is 8.06. The SMILES string of the molecule is Cc1ccc(C(=O)N2CCN(S(=O)(=O)c3cc([N+](=O)[O-])ccc3Oc3cc(C)ccc3C)CC2)cc1. The number of hydrogen-bond donors (Lipinski definition) is 0. The van der Waals surface area contributed by atoms with Gasteiger partial charge in [0, 0.05) is 43.9 Å². The highest BCUT2D eigenvalue weighted by Crippen LogP contribution is 2.35. The first-order valence-electron chi connectivity index (χ1n) is 11.5. The van der Waals surface area contributed by atoms with Crippen molar-refractivity contribution in [2.24, 2.45) is 0 Å². The van der Waals surface area contributed by atoms with Gasteiger partial charge in [0.05, 0.1) is 4.92 Å². The number of rotatable bonds is 6. The van der Waals surface area contributed by atoms with Gasteiger partial charge in [0.15, 0.2) is 0 Å². The number of carbonyl (C=O) groups is 1. The van der Waals surface area contributed by atoms with Gasteiger partial charge in [0.1, 0.15) is 16.4 Å². The molecule has 0 aromatic heterocycles. The van der Waals surface area contributed by atoms with Gasteiger partial charge in [-0.3, -0.25) is 14.9 Å². The van der Waals surface area contributed by atoms with Crippen molar-refractivity contribution < 1.29 is 22.9 Å². The zero-order valence-corrected chi connectivity index (χ0v) is 21.1. The van der Waals surface area contributed by atoms with Crippen molar-refractivity contribution in [1.82, 2.24) is 9.21 Å². The van der Waals surface area contributed by atoms with Crippen molar-refractivity contribution in [1.29, 1.82) is 0 Å². The van der Waals surface area contributed by atoms with Crippen LogP contribution in [-0.2, 0) is 10.0 Å². The predicted octanol–water partition coefficient (Wildman–Crippen LogP) is 4.46. The lowest BCUT2D eigenvalue weighted by molar-refractivity contribution is -0.385. The van der Waals surface area contributed by atoms with Gasteiger partial charge < -0.3 is 9.64 Å². The fourth-order valence-electron chi connectivity index (χ4n) is 3.98. The number of non-ortho nitro benzene ring substituents is 1. The summed E-state index contributed by atoms with van der Waals surface area (Å²) in [5.74, 6) is 0.308. The second-order valence-corrected chi connectivity index (χ2v) is 10.7. The van der Waals surface area contributed by atoms with Gasteiger partial charge in [-0.15, -0.1) is 0 Å². The van der Waals surface area contributed by atoms with E-state index in [0.717, 1.165) is 22.8 Å². The van der Waals surface area contributed by atoms with Gasteiger partial charge in [-0.2, -0.15) is 4.31 Å². The summed E-state index contributed by atoms with van der Waals surface area (Å²) in [6.07, 6.45) is 0. The minimum atomic E-state index is -4.15. The zero-order chi connectivity index (χ0) is 26.0. The predicted molar refractivity (Wildman–Crippen MR) is 135 cm³/mol. The average molecular weight is 510 g/mol. The Morgan fingerprint density at radius 2 is 1.50 bits per heavy atom. The molecule has 0 unspecified atom stereocenters.